The van der Waals surface area contributed by atoms with Crippen molar-refractivity contribution < 1.29 is 17.7 Å². The van der Waals surface area contributed by atoms with Gasteiger partial charge in [-0.2, -0.15) is 8.42 Å². The zero-order valence-corrected chi connectivity index (χ0v) is 12.1. The lowest BCUT2D eigenvalue weighted by molar-refractivity contribution is 0.100. The van der Waals surface area contributed by atoms with E-state index >= 15 is 0 Å². The van der Waals surface area contributed by atoms with Gasteiger partial charge >= 0.3 is 0 Å². The minimum Gasteiger partial charge on any atom is -0.391 e. The molecule has 5 heteroatoms. The van der Waals surface area contributed by atoms with E-state index in [2.05, 4.69) is 6.92 Å². The molecular weight excluding hydrogens is 264 g/mol. The van der Waals surface area contributed by atoms with Crippen LogP contribution in [0.2, 0.25) is 0 Å². The molecule has 108 valence electrons. The molecular formula is C14H22O4S. The van der Waals surface area contributed by atoms with Gasteiger partial charge in [0.2, 0.25) is 0 Å². The second kappa shape index (κ2) is 8.30. The zero-order valence-electron chi connectivity index (χ0n) is 11.3. The normalized spacial score (nSPS) is 13.4. The predicted octanol–water partition coefficient (Wildman–Crippen LogP) is 2.72. The maximum atomic E-state index is 11.8. The summed E-state index contributed by atoms with van der Waals surface area (Å²) in [5.41, 5.74) is 0. The molecule has 0 saturated carbocycles. The Morgan fingerprint density at radius 3 is 2.47 bits per heavy atom. The third-order valence-corrected chi connectivity index (χ3v) is 4.13. The number of rotatable bonds is 9. The Kier molecular flexibility index (Phi) is 7.05. The molecule has 0 radical (unpaired) electrons. The van der Waals surface area contributed by atoms with Crippen LogP contribution in [0.15, 0.2) is 35.2 Å². The maximum absolute atomic E-state index is 11.8. The summed E-state index contributed by atoms with van der Waals surface area (Å²) in [6.45, 7) is 1.94. The van der Waals surface area contributed by atoms with Crippen LogP contribution in [0.3, 0.4) is 0 Å². The van der Waals surface area contributed by atoms with Crippen molar-refractivity contribution in [3.63, 3.8) is 0 Å². The molecule has 1 aromatic carbocycles. The fraction of sp³-hybridized carbons (Fsp3) is 0.571. The fourth-order valence-corrected chi connectivity index (χ4v) is 2.68. The lowest BCUT2D eigenvalue weighted by atomic mass is 10.1. The van der Waals surface area contributed by atoms with E-state index < -0.39 is 16.2 Å². The van der Waals surface area contributed by atoms with Crippen LogP contribution in [-0.2, 0) is 14.3 Å². The van der Waals surface area contributed by atoms with E-state index in [0.29, 0.717) is 6.42 Å². The summed E-state index contributed by atoms with van der Waals surface area (Å²) < 4.78 is 28.4. The number of hydrogen-bond donors (Lipinski definition) is 1. The van der Waals surface area contributed by atoms with Gasteiger partial charge in [0, 0.05) is 0 Å². The van der Waals surface area contributed by atoms with Gasteiger partial charge in [0.25, 0.3) is 10.1 Å². The van der Waals surface area contributed by atoms with Crippen LogP contribution in [0.25, 0.3) is 0 Å². The van der Waals surface area contributed by atoms with Crippen LogP contribution in [-0.4, -0.2) is 26.2 Å². The summed E-state index contributed by atoms with van der Waals surface area (Å²) in [4.78, 5) is 0.119. The highest BCUT2D eigenvalue weighted by molar-refractivity contribution is 7.86. The monoisotopic (exact) mass is 286 g/mol. The van der Waals surface area contributed by atoms with Gasteiger partial charge in [-0.3, -0.25) is 4.18 Å². The zero-order chi connectivity index (χ0) is 14.1. The molecule has 0 aromatic heterocycles. The fourth-order valence-electron chi connectivity index (χ4n) is 1.71. The van der Waals surface area contributed by atoms with Crippen LogP contribution in [0, 0.1) is 0 Å². The predicted molar refractivity (Wildman–Crippen MR) is 74.3 cm³/mol. The quantitative estimate of drug-likeness (QED) is 0.560. The van der Waals surface area contributed by atoms with Crippen LogP contribution < -0.4 is 0 Å². The molecule has 1 rings (SSSR count). The molecule has 0 saturated heterocycles. The number of aliphatic hydroxyl groups excluding tert-OH is 1. The van der Waals surface area contributed by atoms with Crippen molar-refractivity contribution in [3.8, 4) is 0 Å². The van der Waals surface area contributed by atoms with E-state index in [9.17, 15) is 13.5 Å². The summed E-state index contributed by atoms with van der Waals surface area (Å²) in [5, 5.41) is 9.67. The first-order valence-electron chi connectivity index (χ1n) is 6.69. The van der Waals surface area contributed by atoms with E-state index in [0.717, 1.165) is 25.7 Å². The molecule has 0 fully saturated rings. The standard InChI is InChI=1S/C14H22O4S/c1-2-3-4-6-9-13(15)12-18-19(16,17)14-10-7-5-8-11-14/h5,7-8,10-11,13,15H,2-4,6,9,12H2,1H3. The van der Waals surface area contributed by atoms with Crippen LogP contribution in [0.1, 0.15) is 39.0 Å². The van der Waals surface area contributed by atoms with Crippen molar-refractivity contribution >= 4 is 10.1 Å². The highest BCUT2D eigenvalue weighted by Crippen LogP contribution is 2.13. The summed E-state index contributed by atoms with van der Waals surface area (Å²) in [7, 11) is -3.75. The van der Waals surface area contributed by atoms with E-state index in [1.54, 1.807) is 18.2 Å². The third kappa shape index (κ3) is 6.18. The molecule has 0 amide bonds. The number of benzene rings is 1. The average Bonchev–Trinajstić information content (AvgIpc) is 2.42. The van der Waals surface area contributed by atoms with Crippen LogP contribution >= 0.6 is 0 Å². The summed E-state index contributed by atoms with van der Waals surface area (Å²) in [5.74, 6) is 0. The highest BCUT2D eigenvalue weighted by atomic mass is 32.2. The number of aliphatic hydroxyl groups is 1. The molecule has 0 spiro atoms. The van der Waals surface area contributed by atoms with Gasteiger partial charge in [-0.25, -0.2) is 0 Å². The molecule has 1 aromatic rings. The highest BCUT2D eigenvalue weighted by Gasteiger charge is 2.16. The minimum absolute atomic E-state index is 0.119. The molecule has 4 nitrogen and oxygen atoms in total. The van der Waals surface area contributed by atoms with Crippen molar-refractivity contribution in [2.45, 2.75) is 50.0 Å². The van der Waals surface area contributed by atoms with Crippen molar-refractivity contribution in [2.75, 3.05) is 6.61 Å². The molecule has 0 aliphatic heterocycles. The Bertz CT molecular complexity index is 442. The largest absolute Gasteiger partial charge is 0.391 e. The maximum Gasteiger partial charge on any atom is 0.297 e. The van der Waals surface area contributed by atoms with Crippen LogP contribution in [0.4, 0.5) is 0 Å². The Morgan fingerprint density at radius 1 is 1.16 bits per heavy atom. The first-order chi connectivity index (χ1) is 9.06. The molecule has 0 aliphatic rings. The minimum atomic E-state index is -3.75. The van der Waals surface area contributed by atoms with Gasteiger partial charge in [0.05, 0.1) is 17.6 Å². The SMILES string of the molecule is CCCCCCC(O)COS(=O)(=O)c1ccccc1. The van der Waals surface area contributed by atoms with Gasteiger partial charge in [0.1, 0.15) is 0 Å². The molecule has 0 bridgehead atoms. The van der Waals surface area contributed by atoms with E-state index in [-0.39, 0.29) is 11.5 Å². The van der Waals surface area contributed by atoms with Crippen LogP contribution in [0.5, 0.6) is 0 Å². The van der Waals surface area contributed by atoms with Gasteiger partial charge < -0.3 is 5.11 Å². The van der Waals surface area contributed by atoms with Gasteiger partial charge in [-0.15, -0.1) is 0 Å². The third-order valence-electron chi connectivity index (χ3n) is 2.84. The van der Waals surface area contributed by atoms with Crippen molar-refractivity contribution in [3.05, 3.63) is 30.3 Å². The Morgan fingerprint density at radius 2 is 1.84 bits per heavy atom. The summed E-state index contributed by atoms with van der Waals surface area (Å²) in [6, 6.07) is 7.96. The van der Waals surface area contributed by atoms with E-state index in [4.69, 9.17) is 4.18 Å². The second-order valence-electron chi connectivity index (χ2n) is 4.55. The second-order valence-corrected chi connectivity index (χ2v) is 6.17. The summed E-state index contributed by atoms with van der Waals surface area (Å²) in [6.07, 6.45) is 4.06. The molecule has 1 unspecified atom stereocenters. The van der Waals surface area contributed by atoms with Gasteiger partial charge in [-0.05, 0) is 18.6 Å². The molecule has 1 atom stereocenters. The molecule has 1 N–H and O–H groups in total. The lowest BCUT2D eigenvalue weighted by Gasteiger charge is -2.11. The van der Waals surface area contributed by atoms with Crippen molar-refractivity contribution in [1.29, 1.82) is 0 Å². The summed E-state index contributed by atoms with van der Waals surface area (Å²) >= 11 is 0. The number of hydrogen-bond acceptors (Lipinski definition) is 4. The molecule has 0 aliphatic carbocycles. The van der Waals surface area contributed by atoms with E-state index in [1.807, 2.05) is 0 Å². The number of unbranched alkanes of at least 4 members (excludes halogenated alkanes) is 3. The Hall–Kier alpha value is -0.910. The molecule has 19 heavy (non-hydrogen) atoms. The average molecular weight is 286 g/mol. The van der Waals surface area contributed by atoms with Gasteiger partial charge in [0.15, 0.2) is 0 Å². The Labute approximate surface area is 115 Å². The van der Waals surface area contributed by atoms with Crippen molar-refractivity contribution in [1.82, 2.24) is 0 Å². The van der Waals surface area contributed by atoms with Gasteiger partial charge in [-0.1, -0.05) is 50.8 Å². The lowest BCUT2D eigenvalue weighted by Crippen LogP contribution is -2.18. The first-order valence-corrected chi connectivity index (χ1v) is 8.09. The topological polar surface area (TPSA) is 63.6 Å². The Balaban J connectivity index is 2.35. The smallest absolute Gasteiger partial charge is 0.297 e. The first kappa shape index (κ1) is 16.1. The van der Waals surface area contributed by atoms with Crippen molar-refractivity contribution in [2.24, 2.45) is 0 Å². The van der Waals surface area contributed by atoms with E-state index in [1.165, 1.54) is 12.1 Å². The molecule has 0 heterocycles.